The minimum atomic E-state index is 0.168. The van der Waals surface area contributed by atoms with Crippen LogP contribution in [0, 0.1) is 5.92 Å². The van der Waals surface area contributed by atoms with Crippen LogP contribution in [0.5, 0.6) is 0 Å². The molecular weight excluding hydrogens is 374 g/mol. The van der Waals surface area contributed by atoms with E-state index in [-0.39, 0.29) is 5.41 Å². The number of allylic oxidation sites excluding steroid dienone is 7. The molecule has 0 saturated heterocycles. The fourth-order valence-electron chi connectivity index (χ4n) is 4.55. The van der Waals surface area contributed by atoms with Gasteiger partial charge in [-0.1, -0.05) is 88.4 Å². The average molecular weight is 410 g/mol. The molecule has 160 valence electrons. The van der Waals surface area contributed by atoms with E-state index >= 15 is 0 Å². The Kier molecular flexibility index (Phi) is 6.32. The molecule has 0 N–H and O–H groups in total. The van der Waals surface area contributed by atoms with Gasteiger partial charge < -0.3 is 4.90 Å². The SMILES string of the molecule is CC1CC(CN(c2ccccc2)c2ccc(C(C)(C)C)cc2)=CC=C1C1=CCCC=C1. The largest absolute Gasteiger partial charge is 0.337 e. The van der Waals surface area contributed by atoms with E-state index in [1.54, 1.807) is 0 Å². The lowest BCUT2D eigenvalue weighted by Crippen LogP contribution is -2.22. The number of rotatable bonds is 5. The molecule has 0 amide bonds. The summed E-state index contributed by atoms with van der Waals surface area (Å²) >= 11 is 0. The van der Waals surface area contributed by atoms with Crippen molar-refractivity contribution in [2.75, 3.05) is 11.4 Å². The molecule has 0 bridgehead atoms. The first-order chi connectivity index (χ1) is 14.9. The van der Waals surface area contributed by atoms with Crippen molar-refractivity contribution < 1.29 is 0 Å². The molecule has 2 aromatic rings. The van der Waals surface area contributed by atoms with E-state index in [4.69, 9.17) is 0 Å². The highest BCUT2D eigenvalue weighted by atomic mass is 15.1. The molecule has 1 nitrogen and oxygen atoms in total. The van der Waals surface area contributed by atoms with Gasteiger partial charge in [-0.2, -0.15) is 0 Å². The maximum Gasteiger partial charge on any atom is 0.0444 e. The van der Waals surface area contributed by atoms with Gasteiger partial charge in [-0.3, -0.25) is 0 Å². The van der Waals surface area contributed by atoms with E-state index in [1.165, 1.54) is 46.5 Å². The summed E-state index contributed by atoms with van der Waals surface area (Å²) in [6, 6.07) is 19.9. The monoisotopic (exact) mass is 409 g/mol. The molecule has 1 heteroatoms. The fraction of sp³-hybridized carbons (Fsp3) is 0.333. The van der Waals surface area contributed by atoms with E-state index in [9.17, 15) is 0 Å². The summed E-state index contributed by atoms with van der Waals surface area (Å²) in [5.74, 6) is 0.551. The molecule has 4 rings (SSSR count). The Labute approximate surface area is 188 Å². The Hall–Kier alpha value is -2.80. The van der Waals surface area contributed by atoms with Gasteiger partial charge in [0.15, 0.2) is 0 Å². The molecule has 0 fully saturated rings. The Balaban J connectivity index is 1.62. The molecule has 0 spiro atoms. The van der Waals surface area contributed by atoms with E-state index < -0.39 is 0 Å². The fourth-order valence-corrected chi connectivity index (χ4v) is 4.55. The zero-order valence-corrected chi connectivity index (χ0v) is 19.4. The Morgan fingerprint density at radius 3 is 2.19 bits per heavy atom. The lowest BCUT2D eigenvalue weighted by molar-refractivity contribution is 0.590. The standard InChI is InChI=1S/C30H35N/c1-23-21-24(15-20-29(23)25-11-7-5-8-12-25)22-31(27-13-9-6-10-14-27)28-18-16-26(17-19-28)30(2,3)4/h6-7,9-20,23H,5,8,21-22H2,1-4H3. The molecular formula is C30H35N. The highest BCUT2D eigenvalue weighted by molar-refractivity contribution is 5.65. The van der Waals surface area contributed by atoms with Crippen molar-refractivity contribution in [3.05, 3.63) is 107 Å². The average Bonchev–Trinajstić information content (AvgIpc) is 2.78. The van der Waals surface area contributed by atoms with Crippen molar-refractivity contribution in [1.82, 2.24) is 0 Å². The summed E-state index contributed by atoms with van der Waals surface area (Å²) in [5.41, 5.74) is 8.43. The Morgan fingerprint density at radius 2 is 1.58 bits per heavy atom. The first-order valence-electron chi connectivity index (χ1n) is 11.6. The van der Waals surface area contributed by atoms with Crippen LogP contribution >= 0.6 is 0 Å². The molecule has 0 saturated carbocycles. The maximum absolute atomic E-state index is 2.45. The van der Waals surface area contributed by atoms with Crippen LogP contribution in [0.15, 0.2) is 102 Å². The second kappa shape index (κ2) is 9.14. The molecule has 0 aliphatic heterocycles. The minimum Gasteiger partial charge on any atom is -0.337 e. The Bertz CT molecular complexity index is 1010. The van der Waals surface area contributed by atoms with Gasteiger partial charge in [-0.05, 0) is 77.1 Å². The second-order valence-corrected chi connectivity index (χ2v) is 9.91. The van der Waals surface area contributed by atoms with Gasteiger partial charge in [0.1, 0.15) is 0 Å². The van der Waals surface area contributed by atoms with Crippen molar-refractivity contribution in [1.29, 1.82) is 0 Å². The van der Waals surface area contributed by atoms with Gasteiger partial charge in [0.05, 0.1) is 0 Å². The molecule has 1 atom stereocenters. The van der Waals surface area contributed by atoms with Crippen LogP contribution in [0.25, 0.3) is 0 Å². The lowest BCUT2D eigenvalue weighted by atomic mass is 9.82. The molecule has 2 aromatic carbocycles. The van der Waals surface area contributed by atoms with Crippen molar-refractivity contribution in [3.8, 4) is 0 Å². The number of hydrogen-bond acceptors (Lipinski definition) is 1. The molecule has 0 heterocycles. The van der Waals surface area contributed by atoms with Crippen LogP contribution in [-0.4, -0.2) is 6.54 Å². The predicted octanol–water partition coefficient (Wildman–Crippen LogP) is 8.29. The van der Waals surface area contributed by atoms with Crippen LogP contribution in [0.4, 0.5) is 11.4 Å². The maximum atomic E-state index is 2.45. The third kappa shape index (κ3) is 5.10. The van der Waals surface area contributed by atoms with Crippen LogP contribution in [-0.2, 0) is 5.41 Å². The Morgan fingerprint density at radius 1 is 0.871 bits per heavy atom. The van der Waals surface area contributed by atoms with Gasteiger partial charge in [-0.15, -0.1) is 0 Å². The summed E-state index contributed by atoms with van der Waals surface area (Å²) in [5, 5.41) is 0. The van der Waals surface area contributed by atoms with Crippen LogP contribution in [0.3, 0.4) is 0 Å². The second-order valence-electron chi connectivity index (χ2n) is 9.91. The number of nitrogens with zero attached hydrogens (tertiary/aromatic N) is 1. The summed E-state index contributed by atoms with van der Waals surface area (Å²) in [4.78, 5) is 2.45. The quantitative estimate of drug-likeness (QED) is 0.480. The van der Waals surface area contributed by atoms with Crippen LogP contribution in [0.1, 0.15) is 52.5 Å². The van der Waals surface area contributed by atoms with E-state index in [0.29, 0.717) is 5.92 Å². The highest BCUT2D eigenvalue weighted by Gasteiger charge is 2.21. The summed E-state index contributed by atoms with van der Waals surface area (Å²) in [6.07, 6.45) is 15.2. The summed E-state index contributed by atoms with van der Waals surface area (Å²) in [7, 11) is 0. The van der Waals surface area contributed by atoms with Gasteiger partial charge >= 0.3 is 0 Å². The molecule has 0 aromatic heterocycles. The van der Waals surface area contributed by atoms with Crippen molar-refractivity contribution in [2.24, 2.45) is 5.92 Å². The minimum absolute atomic E-state index is 0.168. The molecule has 0 radical (unpaired) electrons. The summed E-state index contributed by atoms with van der Waals surface area (Å²) < 4.78 is 0. The van der Waals surface area contributed by atoms with Gasteiger partial charge in [-0.25, -0.2) is 0 Å². The zero-order chi connectivity index (χ0) is 21.8. The van der Waals surface area contributed by atoms with E-state index in [2.05, 4.69) is 118 Å². The zero-order valence-electron chi connectivity index (χ0n) is 19.4. The van der Waals surface area contributed by atoms with Crippen molar-refractivity contribution in [3.63, 3.8) is 0 Å². The molecule has 1 unspecified atom stereocenters. The highest BCUT2D eigenvalue weighted by Crippen LogP contribution is 2.35. The van der Waals surface area contributed by atoms with Crippen molar-refractivity contribution in [2.45, 2.75) is 52.4 Å². The number of para-hydroxylation sites is 1. The van der Waals surface area contributed by atoms with Gasteiger partial charge in [0.2, 0.25) is 0 Å². The number of anilines is 2. The third-order valence-electron chi connectivity index (χ3n) is 6.40. The first kappa shape index (κ1) is 21.4. The smallest absolute Gasteiger partial charge is 0.0444 e. The summed E-state index contributed by atoms with van der Waals surface area (Å²) in [6.45, 7) is 10.1. The number of benzene rings is 2. The third-order valence-corrected chi connectivity index (χ3v) is 6.40. The molecule has 31 heavy (non-hydrogen) atoms. The predicted molar refractivity (Wildman–Crippen MR) is 135 cm³/mol. The van der Waals surface area contributed by atoms with Crippen LogP contribution < -0.4 is 4.90 Å². The number of hydrogen-bond donors (Lipinski definition) is 0. The topological polar surface area (TPSA) is 3.24 Å². The lowest BCUT2D eigenvalue weighted by Gasteiger charge is -2.30. The van der Waals surface area contributed by atoms with Gasteiger partial charge in [0.25, 0.3) is 0 Å². The normalized spacial score (nSPS) is 18.8. The molecule has 2 aliphatic carbocycles. The van der Waals surface area contributed by atoms with E-state index in [1.807, 2.05) is 0 Å². The first-order valence-corrected chi connectivity index (χ1v) is 11.6. The van der Waals surface area contributed by atoms with Crippen LogP contribution in [0.2, 0.25) is 0 Å². The van der Waals surface area contributed by atoms with E-state index in [0.717, 1.165) is 13.0 Å². The van der Waals surface area contributed by atoms with Gasteiger partial charge in [0, 0.05) is 17.9 Å². The van der Waals surface area contributed by atoms with Crippen molar-refractivity contribution >= 4 is 11.4 Å². The molecule has 2 aliphatic rings.